The van der Waals surface area contributed by atoms with Crippen molar-refractivity contribution in [3.8, 4) is 44.5 Å². The van der Waals surface area contributed by atoms with Crippen molar-refractivity contribution in [2.24, 2.45) is 4.99 Å². The van der Waals surface area contributed by atoms with Crippen molar-refractivity contribution in [3.63, 3.8) is 0 Å². The van der Waals surface area contributed by atoms with Gasteiger partial charge >= 0.3 is 0 Å². The predicted molar refractivity (Wildman–Crippen MR) is 270 cm³/mol. The van der Waals surface area contributed by atoms with Gasteiger partial charge in [-0.05, 0) is 64.7 Å². The molecule has 0 spiro atoms. The fourth-order valence-electron chi connectivity index (χ4n) is 8.33. The number of aliphatic imine (C=N–C) groups is 1. The second kappa shape index (κ2) is 16.4. The highest BCUT2D eigenvalue weighted by atomic mass is 28.3. The summed E-state index contributed by atoms with van der Waals surface area (Å²) in [5.74, 6) is 0. The summed E-state index contributed by atoms with van der Waals surface area (Å²) in [6.07, 6.45) is 6.45. The number of hydrogen-bond donors (Lipinski definition) is 2. The van der Waals surface area contributed by atoms with Crippen LogP contribution in [-0.2, 0) is 0 Å². The molecule has 3 aromatic heterocycles. The molecule has 2 N–H and O–H groups in total. The average Bonchev–Trinajstić information content (AvgIpc) is 4.10. The number of aromatic amines is 2. The molecule has 4 radical (unpaired) electrons. The number of benzene rings is 4. The molecular weight excluding hydrogens is 793 g/mol. The Morgan fingerprint density at radius 3 is 1.05 bits per heavy atom. The summed E-state index contributed by atoms with van der Waals surface area (Å²) in [6.45, 7) is 18.8. The van der Waals surface area contributed by atoms with Crippen molar-refractivity contribution in [3.05, 3.63) is 144 Å². The summed E-state index contributed by atoms with van der Waals surface area (Å²) in [5, 5.41) is 5.67. The summed E-state index contributed by atoms with van der Waals surface area (Å²) in [6, 6.07) is 47.9. The van der Waals surface area contributed by atoms with Crippen LogP contribution in [0.2, 0.25) is 52.4 Å². The monoisotopic (exact) mass is 842 g/mol. The van der Waals surface area contributed by atoms with Gasteiger partial charge in [0.2, 0.25) is 0 Å². The van der Waals surface area contributed by atoms with Crippen molar-refractivity contribution >= 4 is 102 Å². The smallest absolute Gasteiger partial charge is 0.0791 e. The fourth-order valence-corrected chi connectivity index (χ4v) is 11.7. The molecule has 2 aliphatic rings. The zero-order valence-electron chi connectivity index (χ0n) is 35.8. The zero-order chi connectivity index (χ0) is 41.7. The first kappa shape index (κ1) is 39.8. The van der Waals surface area contributed by atoms with Crippen LogP contribution in [0.15, 0.2) is 132 Å². The third kappa shape index (κ3) is 7.65. The topological polar surface area (TPSA) is 56.8 Å². The minimum Gasteiger partial charge on any atom is -0.354 e. The molecule has 0 aliphatic carbocycles. The van der Waals surface area contributed by atoms with E-state index in [1.807, 2.05) is 0 Å². The number of fused-ring (bicyclic) bond motifs is 8. The molecule has 7 aromatic rings. The van der Waals surface area contributed by atoms with Crippen LogP contribution in [-0.4, -0.2) is 56.4 Å². The Hall–Kier alpha value is -5.65. The maximum Gasteiger partial charge on any atom is 0.0791 e. The van der Waals surface area contributed by atoms with E-state index in [1.54, 1.807) is 0 Å². The molecule has 60 heavy (non-hydrogen) atoms. The summed E-state index contributed by atoms with van der Waals surface area (Å²) in [5.41, 5.74) is 17.0. The summed E-state index contributed by atoms with van der Waals surface area (Å²) < 4.78 is 0. The van der Waals surface area contributed by atoms with Crippen LogP contribution in [0.1, 0.15) is 17.0 Å². The van der Waals surface area contributed by atoms with Gasteiger partial charge in [-0.3, -0.25) is 4.99 Å². The number of hydrogen-bond acceptors (Lipinski definition) is 2. The van der Waals surface area contributed by atoms with Crippen molar-refractivity contribution in [1.82, 2.24) is 15.0 Å². The van der Waals surface area contributed by atoms with Gasteiger partial charge in [0.15, 0.2) is 0 Å². The Morgan fingerprint density at radius 1 is 0.367 bits per heavy atom. The predicted octanol–water partition coefficient (Wildman–Crippen LogP) is 11.4. The molecule has 294 valence electrons. The van der Waals surface area contributed by atoms with Crippen LogP contribution in [0.5, 0.6) is 0 Å². The number of nitrogens with one attached hydrogen (secondary N) is 2. The first-order valence-corrected chi connectivity index (χ1v) is 30.8. The van der Waals surface area contributed by atoms with Crippen LogP contribution in [0, 0.1) is 0 Å². The molecule has 0 amide bonds. The number of nitrogens with zero attached hydrogens (tertiary/aromatic N) is 2. The van der Waals surface area contributed by atoms with Gasteiger partial charge in [0.25, 0.3) is 0 Å². The molecule has 0 fully saturated rings. The van der Waals surface area contributed by atoms with Gasteiger partial charge < -0.3 is 9.97 Å². The first-order chi connectivity index (χ1) is 29.0. The Kier molecular flexibility index (Phi) is 10.9. The lowest BCUT2D eigenvalue weighted by atomic mass is 10.0. The molecule has 0 saturated heterocycles. The van der Waals surface area contributed by atoms with E-state index < -0.39 is 35.2 Å². The van der Waals surface area contributed by atoms with Crippen LogP contribution >= 0.6 is 0 Å². The largest absolute Gasteiger partial charge is 0.354 e. The highest BCUT2D eigenvalue weighted by Crippen LogP contribution is 2.40. The van der Waals surface area contributed by atoms with Gasteiger partial charge in [-0.25, -0.2) is 4.98 Å². The van der Waals surface area contributed by atoms with Gasteiger partial charge in [-0.2, -0.15) is 0 Å². The van der Waals surface area contributed by atoms with Crippen LogP contribution in [0.3, 0.4) is 0 Å². The van der Waals surface area contributed by atoms with Crippen LogP contribution in [0.4, 0.5) is 5.69 Å². The molecule has 4 aromatic carbocycles. The number of rotatable bonds is 8. The summed E-state index contributed by atoms with van der Waals surface area (Å²) in [4.78, 5) is 18.6. The van der Waals surface area contributed by atoms with E-state index in [9.17, 15) is 0 Å². The zero-order valence-corrected chi connectivity index (χ0v) is 39.8. The van der Waals surface area contributed by atoms with E-state index in [-0.39, 0.29) is 0 Å². The number of aromatic nitrogens is 3. The normalized spacial score (nSPS) is 12.5. The molecule has 0 saturated carbocycles. The van der Waals surface area contributed by atoms with Crippen LogP contribution in [0.25, 0.3) is 78.7 Å². The summed E-state index contributed by atoms with van der Waals surface area (Å²) >= 11 is 0. The highest BCUT2D eigenvalue weighted by Gasteiger charge is 2.20. The molecule has 9 rings (SSSR count). The average molecular weight is 843 g/mol. The summed E-state index contributed by atoms with van der Waals surface area (Å²) in [7, 11) is -2.38. The molecule has 0 unspecified atom stereocenters. The third-order valence-corrected chi connectivity index (χ3v) is 17.7. The van der Waals surface area contributed by atoms with Crippen molar-refractivity contribution in [2.75, 3.05) is 0 Å². The maximum atomic E-state index is 5.53. The minimum atomic E-state index is -0.596. The lowest BCUT2D eigenvalue weighted by molar-refractivity contribution is 1.32. The Labute approximate surface area is 361 Å². The Morgan fingerprint density at radius 2 is 0.683 bits per heavy atom. The van der Waals surface area contributed by atoms with Gasteiger partial charge in [-0.15, -0.1) is 0 Å². The Balaban J connectivity index is 1.42. The van der Waals surface area contributed by atoms with Crippen molar-refractivity contribution in [2.45, 2.75) is 52.4 Å². The van der Waals surface area contributed by atoms with Crippen molar-refractivity contribution < 1.29 is 0 Å². The molecule has 0 atom stereocenters. The van der Waals surface area contributed by atoms with E-state index in [0.29, 0.717) is 0 Å². The molecular formula is C52H50N4Si4. The van der Waals surface area contributed by atoms with Gasteiger partial charge in [0.1, 0.15) is 0 Å². The minimum absolute atomic E-state index is 0.593. The highest BCUT2D eigenvalue weighted by molar-refractivity contribution is 6.71. The Bertz CT molecular complexity index is 2550. The molecule has 4 nitrogen and oxygen atoms in total. The van der Waals surface area contributed by atoms with Gasteiger partial charge in [0, 0.05) is 56.1 Å². The van der Waals surface area contributed by atoms with Gasteiger partial charge in [-0.1, -0.05) is 170 Å². The third-order valence-electron chi connectivity index (χ3n) is 11.8. The molecule has 8 bridgehead atoms. The standard InChI is InChI=1S/C52H50N4Si4/c1-57(2)38-17-9-33(10-18-38)49-37-31-48(53-32-37)52(36-15-23-41(24-16-36)60(7)8)47-30-29-46(56-47)51(35-13-21-40(22-14-35)59(5)6)45-28-27-44(55-45)50(43-26-25-42(49)54-43)34-11-19-39(20-12-34)58(3)4/h9-32,54,56H,1-8H3. The van der Waals surface area contributed by atoms with Gasteiger partial charge in [0.05, 0.1) is 52.3 Å². The van der Waals surface area contributed by atoms with E-state index in [4.69, 9.17) is 9.98 Å². The van der Waals surface area contributed by atoms with E-state index >= 15 is 0 Å². The fraction of sp³-hybridized carbons (Fsp3) is 0.154. The second-order valence-corrected chi connectivity index (χ2v) is 27.1. The quantitative estimate of drug-likeness (QED) is 0.147. The SMILES string of the molecule is C[Si](C)c1ccc(-c2c3cc(c(-c4ccc([Si](C)C)cc4)c4ccc([nH]4)c(-c4ccc([Si](C)C)cc4)c4nc(c(-c5ccc([Si](C)C)cc5)c5ccc2[nH]5)C=C4)N=C3)cc1. The second-order valence-electron chi connectivity index (χ2n) is 16.8. The molecule has 2 aliphatic heterocycles. The van der Waals surface area contributed by atoms with E-state index in [0.717, 1.165) is 89.2 Å². The molecule has 8 heteroatoms. The lowest BCUT2D eigenvalue weighted by Crippen LogP contribution is -2.21. The van der Waals surface area contributed by atoms with Crippen LogP contribution < -0.4 is 20.7 Å². The maximum absolute atomic E-state index is 5.53. The lowest BCUT2D eigenvalue weighted by Gasteiger charge is -2.09. The molecule has 5 heterocycles. The van der Waals surface area contributed by atoms with Crippen molar-refractivity contribution in [1.29, 1.82) is 0 Å². The first-order valence-electron chi connectivity index (χ1n) is 20.8. The van der Waals surface area contributed by atoms with E-state index in [2.05, 4.69) is 208 Å². The van der Waals surface area contributed by atoms with E-state index in [1.165, 1.54) is 20.7 Å². The number of H-pyrrole nitrogens is 2.